The molecule has 75 heavy (non-hydrogen) atoms. The zero-order valence-corrected chi connectivity index (χ0v) is 50.3. The van der Waals surface area contributed by atoms with Crippen molar-refractivity contribution in [3.63, 3.8) is 0 Å². The maximum absolute atomic E-state index is 2.36. The molecule has 1 aliphatic heterocycles. The van der Waals surface area contributed by atoms with E-state index in [0.29, 0.717) is 12.0 Å². The quantitative estimate of drug-likeness (QED) is 0.149. The molecule has 430 valence electrons. The lowest BCUT2D eigenvalue weighted by atomic mass is 9.94. The summed E-state index contributed by atoms with van der Waals surface area (Å²) in [5.41, 5.74) is 21.3. The third-order valence-corrected chi connectivity index (χ3v) is 16.1. The summed E-state index contributed by atoms with van der Waals surface area (Å²) in [6.45, 7) is 52.2. The highest BCUT2D eigenvalue weighted by molar-refractivity contribution is 5.60. The van der Waals surface area contributed by atoms with Crippen LogP contribution in [0.4, 0.5) is 5.69 Å². The number of para-hydroxylation sites is 1. The molecule has 0 radical (unpaired) electrons. The minimum absolute atomic E-state index is 0. The third kappa shape index (κ3) is 20.7. The van der Waals surface area contributed by atoms with Crippen LogP contribution in [0.1, 0.15) is 278 Å². The number of hydrogen-bond acceptors (Lipinski definition) is 1. The number of hydrogen-bond donors (Lipinski definition) is 0. The van der Waals surface area contributed by atoms with Crippen molar-refractivity contribution in [1.82, 2.24) is 0 Å². The average molecular weight is 1030 g/mol. The number of nitrogens with zero attached hydrogens (tertiary/aromatic N) is 1. The summed E-state index contributed by atoms with van der Waals surface area (Å²) in [6, 6.07) is 36.5. The van der Waals surface area contributed by atoms with Gasteiger partial charge in [-0.15, -0.1) is 0 Å². The normalized spacial score (nSPS) is 22.2. The molecule has 0 bridgehead atoms. The smallest absolute Gasteiger partial charge is 0.0402 e. The largest absolute Gasteiger partial charge is 0.371 e. The highest BCUT2D eigenvalue weighted by Crippen LogP contribution is 2.42. The van der Waals surface area contributed by atoms with Crippen molar-refractivity contribution in [2.24, 2.45) is 23.7 Å². The number of anilines is 1. The van der Waals surface area contributed by atoms with Gasteiger partial charge in [-0.2, -0.15) is 0 Å². The highest BCUT2D eigenvalue weighted by atomic mass is 15.2. The van der Waals surface area contributed by atoms with Crippen LogP contribution in [0.3, 0.4) is 0 Å². The van der Waals surface area contributed by atoms with Crippen molar-refractivity contribution in [2.75, 3.05) is 11.9 Å². The van der Waals surface area contributed by atoms with E-state index in [0.717, 1.165) is 47.3 Å². The molecule has 0 amide bonds. The Kier molecular flexibility index (Phi) is 42.7. The molecule has 0 saturated heterocycles. The Hall–Kier alpha value is -4.10. The predicted octanol–water partition coefficient (Wildman–Crippen LogP) is 24.1. The first-order valence-electron chi connectivity index (χ1n) is 28.7. The first kappa shape index (κ1) is 79.8. The molecule has 1 heteroatoms. The summed E-state index contributed by atoms with van der Waals surface area (Å²) in [5.74, 6) is 7.07. The van der Waals surface area contributed by atoms with Crippen LogP contribution in [-0.4, -0.2) is 13.1 Å². The molecule has 5 aromatic rings. The standard InChI is InChI=1S/4C12H16.C11H15N.5C2H6.5CH4/c1-8-4-5-12-10(3)9(2)7-11(12)6-8;1-8-4-5-11-7-9(2)10(3)12(11)6-8;1-8-5-4-6-11-10(3)9(2)7-12(8)11;1-8-5-4-6-11-7-9(2)10(3)12(8)11;1-8-9(2)12(3)11-7-5-4-6-10(8)11;5*1-2;;;;;/h4*4-6,9-10H,7H2,1-3H3;4-9H,1-3H3;5*1-2H3;5*1H4/t4*9-,10-;8-,9+;;;;;;;;;;/m00000........../s1. The Balaban J connectivity index is -0.000000257. The molecule has 0 unspecified atom stereocenters. The van der Waals surface area contributed by atoms with Gasteiger partial charge in [-0.25, -0.2) is 0 Å². The van der Waals surface area contributed by atoms with Gasteiger partial charge in [-0.05, 0) is 175 Å². The van der Waals surface area contributed by atoms with Crippen molar-refractivity contribution >= 4 is 5.69 Å². The lowest BCUT2D eigenvalue weighted by Gasteiger charge is -2.20. The van der Waals surface area contributed by atoms with Crippen molar-refractivity contribution < 1.29 is 0 Å². The summed E-state index contributed by atoms with van der Waals surface area (Å²) < 4.78 is 0. The lowest BCUT2D eigenvalue weighted by molar-refractivity contribution is 0.531. The molecule has 0 spiro atoms. The molecule has 1 nitrogen and oxygen atoms in total. The van der Waals surface area contributed by atoms with Crippen LogP contribution in [0.15, 0.2) is 97.1 Å². The number of fused-ring (bicyclic) bond motifs is 5. The Morgan fingerprint density at radius 1 is 0.347 bits per heavy atom. The zero-order chi connectivity index (χ0) is 53.6. The molecule has 0 aromatic heterocycles. The van der Waals surface area contributed by atoms with Crippen LogP contribution in [0.25, 0.3) is 0 Å². The van der Waals surface area contributed by atoms with Gasteiger partial charge in [-0.1, -0.05) is 271 Å². The summed E-state index contributed by atoms with van der Waals surface area (Å²) in [6.07, 6.45) is 5.11. The Morgan fingerprint density at radius 3 is 1.32 bits per heavy atom. The van der Waals surface area contributed by atoms with Gasteiger partial charge in [0.2, 0.25) is 0 Å². The van der Waals surface area contributed by atoms with Crippen molar-refractivity contribution in [3.05, 3.63) is 169 Å². The minimum atomic E-state index is 0. The van der Waals surface area contributed by atoms with Gasteiger partial charge in [-0.3, -0.25) is 0 Å². The monoisotopic (exact) mass is 1030 g/mol. The molecular weight excluding hydrogens is 903 g/mol. The van der Waals surface area contributed by atoms with Gasteiger partial charge in [0.1, 0.15) is 0 Å². The van der Waals surface area contributed by atoms with Crippen molar-refractivity contribution in [1.29, 1.82) is 0 Å². The van der Waals surface area contributed by atoms with Gasteiger partial charge < -0.3 is 4.90 Å². The topological polar surface area (TPSA) is 3.24 Å². The van der Waals surface area contributed by atoms with Crippen LogP contribution in [0, 0.1) is 51.4 Å². The summed E-state index contributed by atoms with van der Waals surface area (Å²) in [7, 11) is 2.17. The molecule has 1 heterocycles. The van der Waals surface area contributed by atoms with E-state index in [2.05, 4.69) is 206 Å². The van der Waals surface area contributed by atoms with E-state index in [9.17, 15) is 0 Å². The third-order valence-electron chi connectivity index (χ3n) is 16.1. The SMILES string of the molecule is C.C.C.C.C.CC.CC.CC.CC.CC.C[C@@H]1c2ccccc2N(C)[C@@H]1C.Cc1ccc2c(c1)C[C@H](C)[C@@H]2C.Cc1ccc2c(c1)[C@@H](C)[C@@H](C)C2.Cc1cccc2c1C[C@H](C)[C@@H]2C.Cc1cccc2c1[C@@H](C)[C@@H](C)C2. The van der Waals surface area contributed by atoms with E-state index in [1.54, 1.807) is 44.5 Å². The van der Waals surface area contributed by atoms with Crippen molar-refractivity contribution in [2.45, 2.75) is 265 Å². The van der Waals surface area contributed by atoms with Crippen LogP contribution in [0.2, 0.25) is 0 Å². The number of rotatable bonds is 0. The Bertz CT molecular complexity index is 2190. The molecule has 10 rings (SSSR count). The van der Waals surface area contributed by atoms with Gasteiger partial charge in [0.25, 0.3) is 0 Å². The van der Waals surface area contributed by atoms with Crippen LogP contribution >= 0.6 is 0 Å². The zero-order valence-electron chi connectivity index (χ0n) is 50.3. The molecule has 5 aliphatic rings. The highest BCUT2D eigenvalue weighted by Gasteiger charge is 2.30. The van der Waals surface area contributed by atoms with Crippen LogP contribution < -0.4 is 4.90 Å². The molecule has 10 atom stereocenters. The van der Waals surface area contributed by atoms with E-state index in [4.69, 9.17) is 0 Å². The molecule has 4 aliphatic carbocycles. The van der Waals surface area contributed by atoms with E-state index in [-0.39, 0.29) is 37.1 Å². The minimum Gasteiger partial charge on any atom is -0.371 e. The molecule has 0 fully saturated rings. The second kappa shape index (κ2) is 40.2. The number of benzene rings is 5. The van der Waals surface area contributed by atoms with Gasteiger partial charge in [0.15, 0.2) is 0 Å². The second-order valence-electron chi connectivity index (χ2n) is 20.3. The first-order valence-corrected chi connectivity index (χ1v) is 28.7. The Morgan fingerprint density at radius 2 is 0.773 bits per heavy atom. The number of likely N-dealkylation sites (N-methyl/N-ethyl adjacent to an activating group) is 1. The lowest BCUT2D eigenvalue weighted by Crippen LogP contribution is -2.25. The van der Waals surface area contributed by atoms with E-state index in [1.165, 1.54) is 59.2 Å². The maximum Gasteiger partial charge on any atom is 0.0402 e. The van der Waals surface area contributed by atoms with Gasteiger partial charge in [0, 0.05) is 24.7 Å². The molecular formula is C74H129N. The van der Waals surface area contributed by atoms with E-state index >= 15 is 0 Å². The molecule has 5 aromatic carbocycles. The van der Waals surface area contributed by atoms with Crippen molar-refractivity contribution in [3.8, 4) is 0 Å². The van der Waals surface area contributed by atoms with E-state index in [1.807, 2.05) is 69.2 Å². The average Bonchev–Trinajstić information content (AvgIpc) is 4.11. The summed E-state index contributed by atoms with van der Waals surface area (Å²) in [5, 5.41) is 0. The predicted molar refractivity (Wildman–Crippen MR) is 353 cm³/mol. The molecule has 0 saturated carbocycles. The van der Waals surface area contributed by atoms with Gasteiger partial charge >= 0.3 is 0 Å². The fourth-order valence-electron chi connectivity index (χ4n) is 11.0. The van der Waals surface area contributed by atoms with Crippen LogP contribution in [-0.2, 0) is 25.7 Å². The van der Waals surface area contributed by atoms with E-state index < -0.39 is 0 Å². The maximum atomic E-state index is 2.36. The van der Waals surface area contributed by atoms with Crippen LogP contribution in [0.5, 0.6) is 0 Å². The number of aryl methyl sites for hydroxylation is 4. The fourth-order valence-corrected chi connectivity index (χ4v) is 11.0. The molecule has 0 N–H and O–H groups in total. The first-order chi connectivity index (χ1) is 33.5. The fraction of sp³-hybridized carbons (Fsp3) is 0.595. The second-order valence-corrected chi connectivity index (χ2v) is 20.3. The Labute approximate surface area is 473 Å². The van der Waals surface area contributed by atoms with Gasteiger partial charge in [0.05, 0.1) is 0 Å². The summed E-state index contributed by atoms with van der Waals surface area (Å²) >= 11 is 0. The summed E-state index contributed by atoms with van der Waals surface area (Å²) in [4.78, 5) is 2.36.